The standard InChI is InChI=1S/C25H33Cl2N3O4S/c1-7-23(25(32)28-16(2)3)29(14-19-8-9-20(26)13-22(19)27)24(31)15-30(35(6,33)34)21-11-17(4)10-18(5)12-21/h8-13,16,23H,7,14-15H2,1-6H3,(H,28,32)/t23-/m0/s1. The Bertz CT molecular complexity index is 1160. The van der Waals surface area contributed by atoms with Crippen molar-refractivity contribution < 1.29 is 18.0 Å². The zero-order valence-electron chi connectivity index (χ0n) is 20.9. The highest BCUT2D eigenvalue weighted by atomic mass is 35.5. The molecule has 35 heavy (non-hydrogen) atoms. The van der Waals surface area contributed by atoms with E-state index in [9.17, 15) is 18.0 Å². The molecule has 10 heteroatoms. The van der Waals surface area contributed by atoms with Crippen molar-refractivity contribution in [3.05, 3.63) is 63.1 Å². The van der Waals surface area contributed by atoms with Crippen molar-refractivity contribution in [1.82, 2.24) is 10.2 Å². The number of rotatable bonds is 10. The quantitative estimate of drug-likeness (QED) is 0.471. The van der Waals surface area contributed by atoms with Crippen LogP contribution < -0.4 is 9.62 Å². The van der Waals surface area contributed by atoms with Crippen LogP contribution >= 0.6 is 23.2 Å². The lowest BCUT2D eigenvalue weighted by atomic mass is 10.1. The van der Waals surface area contributed by atoms with Crippen LogP contribution in [0, 0.1) is 13.8 Å². The number of hydrogen-bond acceptors (Lipinski definition) is 4. The number of sulfonamides is 1. The highest BCUT2D eigenvalue weighted by Crippen LogP contribution is 2.25. The third kappa shape index (κ3) is 8.12. The predicted molar refractivity (Wildman–Crippen MR) is 142 cm³/mol. The molecule has 0 unspecified atom stereocenters. The van der Waals surface area contributed by atoms with Gasteiger partial charge in [0.15, 0.2) is 0 Å². The molecule has 0 fully saturated rings. The molecule has 0 aliphatic heterocycles. The van der Waals surface area contributed by atoms with Crippen LogP contribution in [0.5, 0.6) is 0 Å². The molecule has 0 saturated carbocycles. The van der Waals surface area contributed by atoms with Crippen molar-refractivity contribution in [3.63, 3.8) is 0 Å². The van der Waals surface area contributed by atoms with Crippen LogP contribution in [-0.4, -0.2) is 50.0 Å². The average molecular weight is 543 g/mol. The molecular formula is C25H33Cl2N3O4S. The Morgan fingerprint density at radius 3 is 2.11 bits per heavy atom. The van der Waals surface area contributed by atoms with Gasteiger partial charge in [-0.2, -0.15) is 0 Å². The van der Waals surface area contributed by atoms with Gasteiger partial charge >= 0.3 is 0 Å². The lowest BCUT2D eigenvalue weighted by molar-refractivity contribution is -0.140. The van der Waals surface area contributed by atoms with Crippen LogP contribution in [0.1, 0.15) is 43.9 Å². The van der Waals surface area contributed by atoms with Crippen LogP contribution in [0.25, 0.3) is 0 Å². The minimum absolute atomic E-state index is 0.0172. The fourth-order valence-electron chi connectivity index (χ4n) is 3.84. The summed E-state index contributed by atoms with van der Waals surface area (Å²) < 4.78 is 26.5. The Morgan fingerprint density at radius 2 is 1.63 bits per heavy atom. The second-order valence-corrected chi connectivity index (χ2v) is 11.7. The minimum atomic E-state index is -3.80. The smallest absolute Gasteiger partial charge is 0.244 e. The summed E-state index contributed by atoms with van der Waals surface area (Å²) in [6.07, 6.45) is 1.39. The molecule has 192 valence electrons. The minimum Gasteiger partial charge on any atom is -0.352 e. The second-order valence-electron chi connectivity index (χ2n) is 8.96. The zero-order valence-corrected chi connectivity index (χ0v) is 23.3. The topological polar surface area (TPSA) is 86.8 Å². The molecule has 0 radical (unpaired) electrons. The Balaban J connectivity index is 2.51. The van der Waals surface area contributed by atoms with Crippen molar-refractivity contribution >= 4 is 50.7 Å². The van der Waals surface area contributed by atoms with Crippen molar-refractivity contribution in [2.45, 2.75) is 59.7 Å². The van der Waals surface area contributed by atoms with Gasteiger partial charge in [-0.15, -0.1) is 0 Å². The van der Waals surface area contributed by atoms with E-state index in [4.69, 9.17) is 23.2 Å². The molecule has 2 amide bonds. The van der Waals surface area contributed by atoms with Gasteiger partial charge in [0.25, 0.3) is 0 Å². The molecule has 0 aliphatic rings. The maximum absolute atomic E-state index is 13.7. The van der Waals surface area contributed by atoms with Gasteiger partial charge in [0.1, 0.15) is 12.6 Å². The number of carbonyl (C=O) groups excluding carboxylic acids is 2. The number of anilines is 1. The van der Waals surface area contributed by atoms with E-state index in [2.05, 4.69) is 5.32 Å². The molecule has 7 nitrogen and oxygen atoms in total. The lowest BCUT2D eigenvalue weighted by Crippen LogP contribution is -2.53. The number of amides is 2. The molecule has 2 aromatic rings. The van der Waals surface area contributed by atoms with E-state index in [1.807, 2.05) is 33.8 Å². The largest absolute Gasteiger partial charge is 0.352 e. The molecular weight excluding hydrogens is 509 g/mol. The Labute approximate surface area is 218 Å². The van der Waals surface area contributed by atoms with E-state index < -0.39 is 28.5 Å². The summed E-state index contributed by atoms with van der Waals surface area (Å²) in [7, 11) is -3.80. The van der Waals surface area contributed by atoms with Crippen molar-refractivity contribution in [2.24, 2.45) is 0 Å². The van der Waals surface area contributed by atoms with E-state index in [0.29, 0.717) is 27.7 Å². The van der Waals surface area contributed by atoms with E-state index >= 15 is 0 Å². The van der Waals surface area contributed by atoms with Gasteiger partial charge in [-0.1, -0.05) is 42.3 Å². The number of benzene rings is 2. The van der Waals surface area contributed by atoms with Crippen molar-refractivity contribution in [1.29, 1.82) is 0 Å². The van der Waals surface area contributed by atoms with Crippen LogP contribution in [0.2, 0.25) is 10.0 Å². The van der Waals surface area contributed by atoms with Gasteiger partial charge in [-0.25, -0.2) is 8.42 Å². The molecule has 0 spiro atoms. The summed E-state index contributed by atoms with van der Waals surface area (Å²) in [6.45, 7) is 8.73. The number of carbonyl (C=O) groups is 2. The van der Waals surface area contributed by atoms with Gasteiger partial charge in [0.2, 0.25) is 21.8 Å². The van der Waals surface area contributed by atoms with Gasteiger partial charge < -0.3 is 10.2 Å². The first-order valence-electron chi connectivity index (χ1n) is 11.3. The van der Waals surface area contributed by atoms with E-state index in [-0.39, 0.29) is 18.5 Å². The van der Waals surface area contributed by atoms with Crippen LogP contribution in [0.15, 0.2) is 36.4 Å². The fourth-order valence-corrected chi connectivity index (χ4v) is 5.14. The average Bonchev–Trinajstić information content (AvgIpc) is 2.71. The summed E-state index contributed by atoms with van der Waals surface area (Å²) in [4.78, 5) is 28.1. The van der Waals surface area contributed by atoms with Crippen molar-refractivity contribution in [3.8, 4) is 0 Å². The molecule has 0 saturated heterocycles. The number of nitrogens with one attached hydrogen (secondary N) is 1. The molecule has 0 aliphatic carbocycles. The van der Waals surface area contributed by atoms with E-state index in [1.54, 1.807) is 37.3 Å². The third-order valence-corrected chi connectivity index (χ3v) is 7.07. The van der Waals surface area contributed by atoms with Crippen LogP contribution in [-0.2, 0) is 26.2 Å². The number of halogens is 2. The first-order valence-corrected chi connectivity index (χ1v) is 13.9. The predicted octanol–water partition coefficient (Wildman–Crippen LogP) is 4.71. The molecule has 0 aromatic heterocycles. The monoisotopic (exact) mass is 541 g/mol. The second kappa shape index (κ2) is 12.1. The summed E-state index contributed by atoms with van der Waals surface area (Å²) in [5.74, 6) is -0.843. The van der Waals surface area contributed by atoms with Crippen LogP contribution in [0.3, 0.4) is 0 Å². The van der Waals surface area contributed by atoms with E-state index in [0.717, 1.165) is 21.7 Å². The SMILES string of the molecule is CC[C@@H](C(=O)NC(C)C)N(Cc1ccc(Cl)cc1Cl)C(=O)CN(c1cc(C)cc(C)c1)S(C)(=O)=O. The zero-order chi connectivity index (χ0) is 26.5. The Morgan fingerprint density at radius 1 is 1.03 bits per heavy atom. The molecule has 0 heterocycles. The molecule has 2 rings (SSSR count). The third-order valence-electron chi connectivity index (χ3n) is 5.35. The van der Waals surface area contributed by atoms with Crippen molar-refractivity contribution in [2.75, 3.05) is 17.1 Å². The summed E-state index contributed by atoms with van der Waals surface area (Å²) in [5, 5.41) is 3.64. The Hall–Kier alpha value is -2.29. The summed E-state index contributed by atoms with van der Waals surface area (Å²) in [5.41, 5.74) is 2.72. The van der Waals surface area contributed by atoms with Gasteiger partial charge in [-0.3, -0.25) is 13.9 Å². The fraction of sp³-hybridized carbons (Fsp3) is 0.440. The van der Waals surface area contributed by atoms with Gasteiger partial charge in [-0.05, 0) is 75.1 Å². The maximum Gasteiger partial charge on any atom is 0.244 e. The normalized spacial score (nSPS) is 12.4. The summed E-state index contributed by atoms with van der Waals surface area (Å²) >= 11 is 12.4. The molecule has 2 aromatic carbocycles. The lowest BCUT2D eigenvalue weighted by Gasteiger charge is -2.33. The van der Waals surface area contributed by atoms with Gasteiger partial charge in [0.05, 0.1) is 11.9 Å². The van der Waals surface area contributed by atoms with Gasteiger partial charge in [0, 0.05) is 22.6 Å². The first kappa shape index (κ1) is 28.9. The molecule has 0 bridgehead atoms. The van der Waals surface area contributed by atoms with E-state index in [1.165, 1.54) is 4.90 Å². The van der Waals surface area contributed by atoms with Crippen LogP contribution in [0.4, 0.5) is 5.69 Å². The maximum atomic E-state index is 13.7. The highest BCUT2D eigenvalue weighted by molar-refractivity contribution is 7.92. The molecule has 1 atom stereocenters. The summed E-state index contributed by atoms with van der Waals surface area (Å²) in [6, 6.07) is 9.30. The molecule has 1 N–H and O–H groups in total. The number of nitrogens with zero attached hydrogens (tertiary/aromatic N) is 2. The highest BCUT2D eigenvalue weighted by Gasteiger charge is 2.32. The Kier molecular flexibility index (Phi) is 10.0. The first-order chi connectivity index (χ1) is 16.2. The number of hydrogen-bond donors (Lipinski definition) is 1. The number of aryl methyl sites for hydroxylation is 2.